The van der Waals surface area contributed by atoms with E-state index in [2.05, 4.69) is 0 Å². The van der Waals surface area contributed by atoms with E-state index in [-0.39, 0.29) is 6.79 Å². The van der Waals surface area contributed by atoms with Crippen LogP contribution in [0.4, 0.5) is 0 Å². The van der Waals surface area contributed by atoms with Gasteiger partial charge in [-0.15, -0.1) is 0 Å². The number of carbonyl (C=O) groups is 1. The van der Waals surface area contributed by atoms with Gasteiger partial charge in [0.25, 0.3) is 0 Å². The van der Waals surface area contributed by atoms with Crippen LogP contribution in [0, 0.1) is 0 Å². The third-order valence-corrected chi connectivity index (χ3v) is 3.37. The van der Waals surface area contributed by atoms with Crippen LogP contribution in [-0.4, -0.2) is 27.3 Å². The average molecular weight is 286 g/mol. The lowest BCUT2D eigenvalue weighted by Crippen LogP contribution is -1.93. The maximum Gasteiger partial charge on any atom is 0.231 e. The zero-order valence-electron chi connectivity index (χ0n) is 11.7. The highest BCUT2D eigenvalue weighted by Gasteiger charge is 2.18. The van der Waals surface area contributed by atoms with Gasteiger partial charge in [-0.1, -0.05) is 6.07 Å². The smallest absolute Gasteiger partial charge is 0.231 e. The fourth-order valence-corrected chi connectivity index (χ4v) is 2.31. The standard InChI is InChI=1S/C16H14O5/c1-18-13-4-3-10(5-14(13)19-2)12-7-16-15(20-9-21-16)6-11(12)8-17/h3-8H,9H2,1-2H3. The number of benzene rings is 2. The zero-order valence-corrected chi connectivity index (χ0v) is 11.7. The number of rotatable bonds is 4. The van der Waals surface area contributed by atoms with Crippen molar-refractivity contribution >= 4 is 6.29 Å². The second-order valence-electron chi connectivity index (χ2n) is 4.48. The summed E-state index contributed by atoms with van der Waals surface area (Å²) >= 11 is 0. The minimum absolute atomic E-state index is 0.170. The van der Waals surface area contributed by atoms with Gasteiger partial charge in [0, 0.05) is 5.56 Å². The normalized spacial score (nSPS) is 12.1. The van der Waals surface area contributed by atoms with Gasteiger partial charge in [0.1, 0.15) is 0 Å². The van der Waals surface area contributed by atoms with E-state index in [1.165, 1.54) is 0 Å². The maximum atomic E-state index is 11.3. The molecule has 0 aliphatic carbocycles. The largest absolute Gasteiger partial charge is 0.493 e. The molecule has 1 aliphatic heterocycles. The van der Waals surface area contributed by atoms with Gasteiger partial charge < -0.3 is 18.9 Å². The molecule has 0 radical (unpaired) electrons. The third kappa shape index (κ3) is 2.27. The molecule has 0 unspecified atom stereocenters. The van der Waals surface area contributed by atoms with Crippen molar-refractivity contribution in [2.75, 3.05) is 21.0 Å². The van der Waals surface area contributed by atoms with Gasteiger partial charge in [-0.3, -0.25) is 4.79 Å². The molecule has 0 aromatic heterocycles. The van der Waals surface area contributed by atoms with Gasteiger partial charge in [0.15, 0.2) is 29.3 Å². The molecular formula is C16H14O5. The van der Waals surface area contributed by atoms with E-state index < -0.39 is 0 Å². The van der Waals surface area contributed by atoms with Crippen LogP contribution in [0.25, 0.3) is 11.1 Å². The number of hydrogen-bond acceptors (Lipinski definition) is 5. The summed E-state index contributed by atoms with van der Waals surface area (Å²) in [5.41, 5.74) is 2.13. The molecule has 2 aromatic rings. The average Bonchev–Trinajstić information content (AvgIpc) is 3.00. The van der Waals surface area contributed by atoms with Crippen molar-refractivity contribution < 1.29 is 23.7 Å². The molecule has 0 amide bonds. The van der Waals surface area contributed by atoms with Gasteiger partial charge in [0.05, 0.1) is 14.2 Å². The summed E-state index contributed by atoms with van der Waals surface area (Å²) in [6.45, 7) is 0.170. The molecule has 0 bridgehead atoms. The molecule has 108 valence electrons. The monoisotopic (exact) mass is 286 g/mol. The summed E-state index contributed by atoms with van der Waals surface area (Å²) in [6, 6.07) is 8.97. The van der Waals surface area contributed by atoms with Gasteiger partial charge >= 0.3 is 0 Å². The van der Waals surface area contributed by atoms with E-state index in [1.807, 2.05) is 12.1 Å². The third-order valence-electron chi connectivity index (χ3n) is 3.37. The van der Waals surface area contributed by atoms with Crippen LogP contribution < -0.4 is 18.9 Å². The van der Waals surface area contributed by atoms with E-state index in [0.29, 0.717) is 28.6 Å². The van der Waals surface area contributed by atoms with Gasteiger partial charge in [-0.05, 0) is 35.4 Å². The fourth-order valence-electron chi connectivity index (χ4n) is 2.31. The highest BCUT2D eigenvalue weighted by atomic mass is 16.7. The summed E-state index contributed by atoms with van der Waals surface area (Å²) in [4.78, 5) is 11.3. The summed E-state index contributed by atoms with van der Waals surface area (Å²) < 4.78 is 21.2. The minimum Gasteiger partial charge on any atom is -0.493 e. The first-order chi connectivity index (χ1) is 10.3. The first kappa shape index (κ1) is 13.3. The lowest BCUT2D eigenvalue weighted by Gasteiger charge is -2.11. The van der Waals surface area contributed by atoms with Gasteiger partial charge in [-0.2, -0.15) is 0 Å². The Morgan fingerprint density at radius 2 is 1.71 bits per heavy atom. The van der Waals surface area contributed by atoms with Crippen LogP contribution in [-0.2, 0) is 0 Å². The summed E-state index contributed by atoms with van der Waals surface area (Å²) in [5, 5.41) is 0. The molecule has 3 rings (SSSR count). The van der Waals surface area contributed by atoms with Crippen LogP contribution >= 0.6 is 0 Å². The van der Waals surface area contributed by atoms with E-state index in [0.717, 1.165) is 17.4 Å². The second kappa shape index (κ2) is 5.36. The molecule has 5 heteroatoms. The van der Waals surface area contributed by atoms with Crippen LogP contribution in [0.5, 0.6) is 23.0 Å². The van der Waals surface area contributed by atoms with E-state index in [4.69, 9.17) is 18.9 Å². The first-order valence-electron chi connectivity index (χ1n) is 6.38. The van der Waals surface area contributed by atoms with E-state index >= 15 is 0 Å². The Bertz CT molecular complexity index is 693. The van der Waals surface area contributed by atoms with Crippen LogP contribution in [0.3, 0.4) is 0 Å². The lowest BCUT2D eigenvalue weighted by atomic mass is 9.99. The molecule has 0 atom stereocenters. The molecule has 5 nitrogen and oxygen atoms in total. The van der Waals surface area contributed by atoms with Crippen LogP contribution in [0.1, 0.15) is 10.4 Å². The van der Waals surface area contributed by atoms with Crippen molar-refractivity contribution in [3.8, 4) is 34.1 Å². The molecular weight excluding hydrogens is 272 g/mol. The number of fused-ring (bicyclic) bond motifs is 1. The van der Waals surface area contributed by atoms with Crippen molar-refractivity contribution in [2.45, 2.75) is 0 Å². The highest BCUT2D eigenvalue weighted by Crippen LogP contribution is 2.40. The molecule has 1 aliphatic rings. The van der Waals surface area contributed by atoms with Crippen molar-refractivity contribution in [1.29, 1.82) is 0 Å². The van der Waals surface area contributed by atoms with Crippen molar-refractivity contribution in [2.24, 2.45) is 0 Å². The van der Waals surface area contributed by atoms with Crippen molar-refractivity contribution in [3.05, 3.63) is 35.9 Å². The Morgan fingerprint density at radius 3 is 2.38 bits per heavy atom. The van der Waals surface area contributed by atoms with Crippen LogP contribution in [0.15, 0.2) is 30.3 Å². The first-order valence-corrected chi connectivity index (χ1v) is 6.38. The highest BCUT2D eigenvalue weighted by molar-refractivity contribution is 5.90. The topological polar surface area (TPSA) is 54.0 Å². The Labute approximate surface area is 122 Å². The number of hydrogen-bond donors (Lipinski definition) is 0. The number of aldehydes is 1. The predicted molar refractivity (Wildman–Crippen MR) is 76.5 cm³/mol. The number of methoxy groups -OCH3 is 2. The minimum atomic E-state index is 0.170. The molecule has 1 heterocycles. The van der Waals surface area contributed by atoms with E-state index in [1.54, 1.807) is 32.4 Å². The lowest BCUT2D eigenvalue weighted by molar-refractivity contribution is 0.112. The Hall–Kier alpha value is -2.69. The molecule has 0 fully saturated rings. The number of ether oxygens (including phenoxy) is 4. The van der Waals surface area contributed by atoms with Crippen molar-refractivity contribution in [1.82, 2.24) is 0 Å². The summed E-state index contributed by atoms with van der Waals surface area (Å²) in [6.07, 6.45) is 0.800. The molecule has 0 saturated carbocycles. The SMILES string of the molecule is COc1ccc(-c2cc3c(cc2C=O)OCO3)cc1OC. The molecule has 0 saturated heterocycles. The maximum absolute atomic E-state index is 11.3. The molecule has 0 spiro atoms. The fraction of sp³-hybridized carbons (Fsp3) is 0.188. The molecule has 2 aromatic carbocycles. The summed E-state index contributed by atoms with van der Waals surface area (Å²) in [7, 11) is 3.15. The van der Waals surface area contributed by atoms with Gasteiger partial charge in [0.2, 0.25) is 6.79 Å². The Morgan fingerprint density at radius 1 is 1.00 bits per heavy atom. The second-order valence-corrected chi connectivity index (χ2v) is 4.48. The molecule has 21 heavy (non-hydrogen) atoms. The Kier molecular flexibility index (Phi) is 3.39. The Balaban J connectivity index is 2.13. The number of carbonyl (C=O) groups excluding carboxylic acids is 1. The predicted octanol–water partition coefficient (Wildman–Crippen LogP) is 2.91. The molecule has 0 N–H and O–H groups in total. The quantitative estimate of drug-likeness (QED) is 0.809. The zero-order chi connectivity index (χ0) is 14.8. The van der Waals surface area contributed by atoms with E-state index in [9.17, 15) is 4.79 Å². The van der Waals surface area contributed by atoms with Gasteiger partial charge in [-0.25, -0.2) is 0 Å². The van der Waals surface area contributed by atoms with Crippen LogP contribution in [0.2, 0.25) is 0 Å². The van der Waals surface area contributed by atoms with Crippen molar-refractivity contribution in [3.63, 3.8) is 0 Å². The summed E-state index contributed by atoms with van der Waals surface area (Å²) in [5.74, 6) is 2.45.